The van der Waals surface area contributed by atoms with Gasteiger partial charge in [-0.1, -0.05) is 72.3 Å². The van der Waals surface area contributed by atoms with Gasteiger partial charge in [-0.3, -0.25) is 0 Å². The number of allylic oxidation sites excluding steroid dienone is 4. The standard InChI is InChI=1S/C30H50O/c1-8-22(19(2)3)10-9-20(4)24-13-14-26-23-11-12-25-21(5)28(31)16-18-30(25,7)27(23)15-17-29(24,26)6/h9-11,19-22,24-28,31H,8,12-18H2,1-7H3/t20-,21+,22+,24-,25+,26+,27+,28+,29-,30+/m1/s1. The van der Waals surface area contributed by atoms with Crippen LogP contribution in [0.25, 0.3) is 0 Å². The van der Waals surface area contributed by atoms with Gasteiger partial charge in [0.1, 0.15) is 0 Å². The van der Waals surface area contributed by atoms with Gasteiger partial charge in [0.15, 0.2) is 0 Å². The van der Waals surface area contributed by atoms with E-state index < -0.39 is 0 Å². The van der Waals surface area contributed by atoms with Crippen LogP contribution in [0.5, 0.6) is 0 Å². The fourth-order valence-corrected chi connectivity index (χ4v) is 9.13. The van der Waals surface area contributed by atoms with Crippen LogP contribution in [0.2, 0.25) is 0 Å². The molecule has 10 atom stereocenters. The lowest BCUT2D eigenvalue weighted by atomic mass is 9.46. The maximum absolute atomic E-state index is 10.5. The van der Waals surface area contributed by atoms with Gasteiger partial charge in [-0.15, -0.1) is 0 Å². The third-order valence-electron chi connectivity index (χ3n) is 11.3. The van der Waals surface area contributed by atoms with Crippen LogP contribution in [-0.4, -0.2) is 11.2 Å². The van der Waals surface area contributed by atoms with Crippen LogP contribution in [0.3, 0.4) is 0 Å². The van der Waals surface area contributed by atoms with E-state index in [1.165, 1.54) is 44.9 Å². The maximum atomic E-state index is 10.5. The molecule has 4 aliphatic rings. The summed E-state index contributed by atoms with van der Waals surface area (Å²) in [6, 6.07) is 0. The van der Waals surface area contributed by atoms with Gasteiger partial charge >= 0.3 is 0 Å². The van der Waals surface area contributed by atoms with Gasteiger partial charge in [-0.25, -0.2) is 0 Å². The number of rotatable bonds is 5. The Balaban J connectivity index is 1.55. The van der Waals surface area contributed by atoms with E-state index in [1.54, 1.807) is 0 Å². The van der Waals surface area contributed by atoms with Crippen molar-refractivity contribution in [1.82, 2.24) is 0 Å². The van der Waals surface area contributed by atoms with E-state index in [1.807, 2.05) is 5.57 Å². The molecule has 31 heavy (non-hydrogen) atoms. The number of fused-ring (bicyclic) bond motifs is 5. The Labute approximate surface area is 193 Å². The Morgan fingerprint density at radius 3 is 2.35 bits per heavy atom. The summed E-state index contributed by atoms with van der Waals surface area (Å²) in [5.74, 6) is 5.70. The van der Waals surface area contributed by atoms with Crippen LogP contribution in [-0.2, 0) is 0 Å². The van der Waals surface area contributed by atoms with Crippen LogP contribution in [0, 0.1) is 58.2 Å². The number of aliphatic hydroxyl groups is 1. The molecule has 4 rings (SSSR count). The van der Waals surface area contributed by atoms with Crippen molar-refractivity contribution >= 4 is 0 Å². The monoisotopic (exact) mass is 426 g/mol. The van der Waals surface area contributed by atoms with E-state index in [4.69, 9.17) is 0 Å². The fraction of sp³-hybridized carbons (Fsp3) is 0.867. The lowest BCUT2D eigenvalue weighted by Crippen LogP contribution is -2.52. The highest BCUT2D eigenvalue weighted by atomic mass is 16.3. The molecule has 176 valence electrons. The van der Waals surface area contributed by atoms with Crippen molar-refractivity contribution in [2.24, 2.45) is 58.2 Å². The second kappa shape index (κ2) is 8.66. The second-order valence-electron chi connectivity index (χ2n) is 12.9. The SMILES string of the molecule is CC[C@@H](C=C[C@@H](C)[C@H]1CC[C@H]2C3=CC[C@H]4[C@H](C)[C@@H](O)CC[C@]4(C)[C@H]3CC[C@]12C)C(C)C. The molecule has 1 N–H and O–H groups in total. The Kier molecular flexibility index (Phi) is 6.59. The topological polar surface area (TPSA) is 20.2 Å². The minimum atomic E-state index is -0.0804. The van der Waals surface area contributed by atoms with E-state index in [9.17, 15) is 5.11 Å². The average molecular weight is 427 g/mol. The van der Waals surface area contributed by atoms with Crippen molar-refractivity contribution < 1.29 is 5.11 Å². The highest BCUT2D eigenvalue weighted by molar-refractivity contribution is 5.28. The van der Waals surface area contributed by atoms with Gasteiger partial charge in [-0.05, 0) is 110 Å². The smallest absolute Gasteiger partial charge is 0.0568 e. The fourth-order valence-electron chi connectivity index (χ4n) is 9.13. The Morgan fingerprint density at radius 1 is 1.00 bits per heavy atom. The van der Waals surface area contributed by atoms with E-state index in [0.717, 1.165) is 36.0 Å². The van der Waals surface area contributed by atoms with Crippen molar-refractivity contribution in [1.29, 1.82) is 0 Å². The van der Waals surface area contributed by atoms with Crippen LogP contribution in [0.1, 0.15) is 99.8 Å². The normalized spacial score (nSPS) is 46.9. The Hall–Kier alpha value is -0.560. The van der Waals surface area contributed by atoms with E-state index in [2.05, 4.69) is 66.7 Å². The first-order chi connectivity index (χ1) is 14.6. The number of hydrogen-bond acceptors (Lipinski definition) is 1. The first-order valence-corrected chi connectivity index (χ1v) is 13.7. The summed E-state index contributed by atoms with van der Waals surface area (Å²) < 4.78 is 0. The molecule has 0 aromatic heterocycles. The Morgan fingerprint density at radius 2 is 1.68 bits per heavy atom. The van der Waals surface area contributed by atoms with Gasteiger partial charge in [0, 0.05) is 0 Å². The molecule has 0 heterocycles. The molecule has 1 heteroatoms. The number of hydrogen-bond donors (Lipinski definition) is 1. The van der Waals surface area contributed by atoms with Crippen molar-refractivity contribution in [3.05, 3.63) is 23.8 Å². The van der Waals surface area contributed by atoms with E-state index in [-0.39, 0.29) is 6.10 Å². The zero-order valence-electron chi connectivity index (χ0n) is 21.5. The van der Waals surface area contributed by atoms with Gasteiger partial charge < -0.3 is 5.11 Å². The summed E-state index contributed by atoms with van der Waals surface area (Å²) in [5.41, 5.74) is 2.75. The molecule has 0 aliphatic heterocycles. The first kappa shape index (κ1) is 23.6. The Bertz CT molecular complexity index is 703. The molecule has 0 aromatic carbocycles. The van der Waals surface area contributed by atoms with Crippen molar-refractivity contribution in [3.63, 3.8) is 0 Å². The van der Waals surface area contributed by atoms with Crippen molar-refractivity contribution in [2.75, 3.05) is 0 Å². The van der Waals surface area contributed by atoms with Crippen LogP contribution in [0.4, 0.5) is 0 Å². The van der Waals surface area contributed by atoms with Crippen molar-refractivity contribution in [2.45, 2.75) is 106 Å². The molecule has 4 aliphatic carbocycles. The van der Waals surface area contributed by atoms with Crippen molar-refractivity contribution in [3.8, 4) is 0 Å². The third kappa shape index (κ3) is 3.79. The first-order valence-electron chi connectivity index (χ1n) is 13.7. The number of aliphatic hydroxyl groups excluding tert-OH is 1. The molecule has 1 nitrogen and oxygen atoms in total. The lowest BCUT2D eigenvalue weighted by Gasteiger charge is -2.59. The molecule has 0 unspecified atom stereocenters. The highest BCUT2D eigenvalue weighted by Crippen LogP contribution is 2.67. The molecule has 0 spiro atoms. The maximum Gasteiger partial charge on any atom is 0.0568 e. The second-order valence-corrected chi connectivity index (χ2v) is 12.9. The van der Waals surface area contributed by atoms with Crippen LogP contribution < -0.4 is 0 Å². The van der Waals surface area contributed by atoms with Gasteiger partial charge in [0.2, 0.25) is 0 Å². The lowest BCUT2D eigenvalue weighted by molar-refractivity contribution is -0.0767. The average Bonchev–Trinajstić information content (AvgIpc) is 3.08. The molecule has 3 saturated carbocycles. The summed E-state index contributed by atoms with van der Waals surface area (Å²) in [6.07, 6.45) is 18.1. The molecule has 0 bridgehead atoms. The summed E-state index contributed by atoms with van der Waals surface area (Å²) in [6.45, 7) is 17.1. The summed E-state index contributed by atoms with van der Waals surface area (Å²) in [5, 5.41) is 10.5. The predicted octanol–water partition coefficient (Wildman–Crippen LogP) is 8.05. The zero-order valence-corrected chi connectivity index (χ0v) is 21.5. The summed E-state index contributed by atoms with van der Waals surface area (Å²) >= 11 is 0. The minimum absolute atomic E-state index is 0.0804. The van der Waals surface area contributed by atoms with E-state index in [0.29, 0.717) is 28.6 Å². The van der Waals surface area contributed by atoms with E-state index >= 15 is 0 Å². The highest BCUT2D eigenvalue weighted by Gasteiger charge is 2.58. The quantitative estimate of drug-likeness (QED) is 0.441. The minimum Gasteiger partial charge on any atom is -0.393 e. The molecular weight excluding hydrogens is 376 g/mol. The predicted molar refractivity (Wildman–Crippen MR) is 133 cm³/mol. The molecule has 0 aromatic rings. The van der Waals surface area contributed by atoms with Gasteiger partial charge in [-0.2, -0.15) is 0 Å². The summed E-state index contributed by atoms with van der Waals surface area (Å²) in [7, 11) is 0. The van der Waals surface area contributed by atoms with Gasteiger partial charge in [0.05, 0.1) is 6.10 Å². The summed E-state index contributed by atoms with van der Waals surface area (Å²) in [4.78, 5) is 0. The zero-order chi connectivity index (χ0) is 22.6. The van der Waals surface area contributed by atoms with Crippen LogP contribution >= 0.6 is 0 Å². The molecule has 0 saturated heterocycles. The molecular formula is C30H50O. The molecule has 0 radical (unpaired) electrons. The molecule has 0 amide bonds. The largest absolute Gasteiger partial charge is 0.393 e. The third-order valence-corrected chi connectivity index (χ3v) is 11.3. The van der Waals surface area contributed by atoms with Crippen LogP contribution in [0.15, 0.2) is 23.8 Å². The van der Waals surface area contributed by atoms with Gasteiger partial charge in [0.25, 0.3) is 0 Å². The molecule has 3 fully saturated rings.